The molecule has 0 bridgehead atoms. The Morgan fingerprint density at radius 3 is 2.76 bits per heavy atom. The van der Waals surface area contributed by atoms with E-state index in [4.69, 9.17) is 4.74 Å². The van der Waals surface area contributed by atoms with Crippen LogP contribution in [-0.4, -0.2) is 47.3 Å². The van der Waals surface area contributed by atoms with Crippen molar-refractivity contribution in [2.24, 2.45) is 5.92 Å². The number of hydrogen-bond acceptors (Lipinski definition) is 4. The topological polar surface area (TPSA) is 55.3 Å². The van der Waals surface area contributed by atoms with Gasteiger partial charge in [-0.3, -0.25) is 4.79 Å². The summed E-state index contributed by atoms with van der Waals surface area (Å²) in [6, 6.07) is 12.2. The number of amides is 1. The molecule has 0 radical (unpaired) electrons. The summed E-state index contributed by atoms with van der Waals surface area (Å²) < 4.78 is 5.71. The highest BCUT2D eigenvalue weighted by atomic mass is 16.5. The number of benzene rings is 1. The van der Waals surface area contributed by atoms with Gasteiger partial charge < -0.3 is 9.64 Å². The van der Waals surface area contributed by atoms with Gasteiger partial charge in [0.15, 0.2) is 5.69 Å². The Morgan fingerprint density at radius 2 is 2.08 bits per heavy atom. The monoisotopic (exact) mass is 339 g/mol. The van der Waals surface area contributed by atoms with Gasteiger partial charge in [0.1, 0.15) is 0 Å². The van der Waals surface area contributed by atoms with Crippen LogP contribution in [0.5, 0.6) is 0 Å². The van der Waals surface area contributed by atoms with Gasteiger partial charge in [0.05, 0.1) is 11.8 Å². The van der Waals surface area contributed by atoms with E-state index in [1.54, 1.807) is 13.2 Å². The van der Waals surface area contributed by atoms with Crippen LogP contribution in [0.15, 0.2) is 36.4 Å². The molecule has 2 atom stereocenters. The van der Waals surface area contributed by atoms with Crippen molar-refractivity contribution >= 4 is 5.91 Å². The van der Waals surface area contributed by atoms with Gasteiger partial charge >= 0.3 is 0 Å². The Morgan fingerprint density at radius 1 is 1.24 bits per heavy atom. The van der Waals surface area contributed by atoms with Crippen molar-refractivity contribution in [3.8, 4) is 0 Å². The fourth-order valence-electron chi connectivity index (χ4n) is 3.47. The summed E-state index contributed by atoms with van der Waals surface area (Å²) in [7, 11) is 1.73. The largest absolute Gasteiger partial charge is 0.379 e. The molecule has 3 rings (SSSR count). The summed E-state index contributed by atoms with van der Waals surface area (Å²) in [4.78, 5) is 14.5. The summed E-state index contributed by atoms with van der Waals surface area (Å²) in [6.07, 6.45) is 1.95. The van der Waals surface area contributed by atoms with Crippen LogP contribution in [0.3, 0.4) is 0 Å². The van der Waals surface area contributed by atoms with Gasteiger partial charge in [0.2, 0.25) is 0 Å². The van der Waals surface area contributed by atoms with Crippen molar-refractivity contribution in [2.45, 2.75) is 32.8 Å². The minimum atomic E-state index is -0.0662. The molecule has 2 aromatic rings. The van der Waals surface area contributed by atoms with Crippen molar-refractivity contribution in [3.05, 3.63) is 58.9 Å². The average Bonchev–Trinajstić information content (AvgIpc) is 2.62. The predicted octanol–water partition coefficient (Wildman–Crippen LogP) is 2.81. The van der Waals surface area contributed by atoms with E-state index < -0.39 is 0 Å². The Balaban J connectivity index is 1.66. The van der Waals surface area contributed by atoms with Gasteiger partial charge in [0, 0.05) is 20.2 Å². The number of nitrogens with zero attached hydrogens (tertiary/aromatic N) is 3. The highest BCUT2D eigenvalue weighted by Gasteiger charge is 2.32. The van der Waals surface area contributed by atoms with Gasteiger partial charge in [-0.1, -0.05) is 29.8 Å². The first kappa shape index (κ1) is 17.5. The normalized spacial score (nSPS) is 20.5. The zero-order valence-corrected chi connectivity index (χ0v) is 15.1. The Bertz CT molecular complexity index is 730. The first-order chi connectivity index (χ1) is 12.1. The molecule has 1 aromatic heterocycles. The Hall–Kier alpha value is -2.27. The van der Waals surface area contributed by atoms with Crippen LogP contribution in [0.25, 0.3) is 0 Å². The molecule has 0 aliphatic carbocycles. The van der Waals surface area contributed by atoms with E-state index in [9.17, 15) is 4.79 Å². The van der Waals surface area contributed by atoms with Crippen molar-refractivity contribution in [1.82, 2.24) is 15.1 Å². The highest BCUT2D eigenvalue weighted by Crippen LogP contribution is 2.25. The molecule has 1 aliphatic heterocycles. The van der Waals surface area contributed by atoms with Gasteiger partial charge in [-0.15, -0.1) is 5.10 Å². The number of rotatable bonds is 4. The smallest absolute Gasteiger partial charge is 0.274 e. The van der Waals surface area contributed by atoms with Gasteiger partial charge in [0.25, 0.3) is 5.91 Å². The molecule has 1 fully saturated rings. The molecule has 1 aliphatic rings. The SMILES string of the molecule is CO[C@@H]1CN(C(=O)c2ccc(C)nn2)CC[C@@H]1Cc1cccc(C)c1. The quantitative estimate of drug-likeness (QED) is 0.859. The number of likely N-dealkylation sites (tertiary alicyclic amines) is 1. The second-order valence-electron chi connectivity index (χ2n) is 6.83. The zero-order valence-electron chi connectivity index (χ0n) is 15.1. The highest BCUT2D eigenvalue weighted by molar-refractivity contribution is 5.92. The van der Waals surface area contributed by atoms with Crippen molar-refractivity contribution in [2.75, 3.05) is 20.2 Å². The molecule has 1 saturated heterocycles. The third-order valence-corrected chi connectivity index (χ3v) is 4.88. The van der Waals surface area contributed by atoms with E-state index in [-0.39, 0.29) is 12.0 Å². The maximum absolute atomic E-state index is 12.7. The molecule has 25 heavy (non-hydrogen) atoms. The lowest BCUT2D eigenvalue weighted by molar-refractivity contribution is -0.00720. The fourth-order valence-corrected chi connectivity index (χ4v) is 3.47. The molecule has 0 unspecified atom stereocenters. The summed E-state index contributed by atoms with van der Waals surface area (Å²) in [5.74, 6) is 0.350. The van der Waals surface area contributed by atoms with Crippen LogP contribution >= 0.6 is 0 Å². The fraction of sp³-hybridized carbons (Fsp3) is 0.450. The molecule has 0 spiro atoms. The van der Waals surface area contributed by atoms with Crippen LogP contribution in [0.2, 0.25) is 0 Å². The lowest BCUT2D eigenvalue weighted by Crippen LogP contribution is -2.48. The van der Waals surface area contributed by atoms with E-state index >= 15 is 0 Å². The lowest BCUT2D eigenvalue weighted by atomic mass is 9.87. The average molecular weight is 339 g/mol. The second-order valence-corrected chi connectivity index (χ2v) is 6.83. The number of aromatic nitrogens is 2. The number of piperidine rings is 1. The first-order valence-electron chi connectivity index (χ1n) is 8.75. The third-order valence-electron chi connectivity index (χ3n) is 4.88. The molecular formula is C20H25N3O2. The summed E-state index contributed by atoms with van der Waals surface area (Å²) in [5, 5.41) is 8.00. The number of carbonyl (C=O) groups excluding carboxylic acids is 1. The minimum absolute atomic E-state index is 0.0385. The minimum Gasteiger partial charge on any atom is -0.379 e. The molecule has 0 saturated carbocycles. The third kappa shape index (κ3) is 4.23. The van der Waals surface area contributed by atoms with E-state index in [2.05, 4.69) is 41.4 Å². The number of aryl methyl sites for hydroxylation is 2. The molecular weight excluding hydrogens is 314 g/mol. The molecule has 5 nitrogen and oxygen atoms in total. The van der Waals surface area contributed by atoms with Crippen molar-refractivity contribution < 1.29 is 9.53 Å². The Labute approximate surface area is 149 Å². The molecule has 132 valence electrons. The molecule has 2 heterocycles. The number of ether oxygens (including phenoxy) is 1. The molecule has 0 N–H and O–H groups in total. The van der Waals surface area contributed by atoms with Crippen LogP contribution in [-0.2, 0) is 11.2 Å². The first-order valence-corrected chi connectivity index (χ1v) is 8.75. The van der Waals surface area contributed by atoms with Gasteiger partial charge in [-0.05, 0) is 50.3 Å². The van der Waals surface area contributed by atoms with Crippen molar-refractivity contribution in [1.29, 1.82) is 0 Å². The maximum atomic E-state index is 12.7. The standard InChI is InChI=1S/C20H25N3O2/c1-14-5-4-6-16(11-14)12-17-9-10-23(13-19(17)25-3)20(24)18-8-7-15(2)21-22-18/h4-8,11,17,19H,9-10,12-13H2,1-3H3/t17-,19-/m1/s1. The summed E-state index contributed by atoms with van der Waals surface area (Å²) in [5.41, 5.74) is 3.81. The molecule has 5 heteroatoms. The lowest BCUT2D eigenvalue weighted by Gasteiger charge is -2.37. The molecule has 1 amide bonds. The van der Waals surface area contributed by atoms with E-state index in [0.717, 1.165) is 25.1 Å². The Kier molecular flexibility index (Phi) is 5.43. The number of methoxy groups -OCH3 is 1. The van der Waals surface area contributed by atoms with Crippen LogP contribution in [0, 0.1) is 19.8 Å². The van der Waals surface area contributed by atoms with E-state index in [0.29, 0.717) is 18.2 Å². The summed E-state index contributed by atoms with van der Waals surface area (Å²) >= 11 is 0. The number of hydrogen-bond donors (Lipinski definition) is 0. The van der Waals surface area contributed by atoms with Crippen LogP contribution in [0.1, 0.15) is 33.7 Å². The van der Waals surface area contributed by atoms with Crippen LogP contribution < -0.4 is 0 Å². The predicted molar refractivity (Wildman–Crippen MR) is 96.5 cm³/mol. The zero-order chi connectivity index (χ0) is 17.8. The summed E-state index contributed by atoms with van der Waals surface area (Å²) in [6.45, 7) is 5.30. The van der Waals surface area contributed by atoms with E-state index in [1.807, 2.05) is 17.9 Å². The molecule has 1 aromatic carbocycles. The van der Waals surface area contributed by atoms with Crippen LogP contribution in [0.4, 0.5) is 0 Å². The second kappa shape index (κ2) is 7.74. The van der Waals surface area contributed by atoms with Crippen molar-refractivity contribution in [3.63, 3.8) is 0 Å². The maximum Gasteiger partial charge on any atom is 0.274 e. The van der Waals surface area contributed by atoms with Gasteiger partial charge in [-0.25, -0.2) is 0 Å². The van der Waals surface area contributed by atoms with E-state index in [1.165, 1.54) is 11.1 Å². The number of carbonyl (C=O) groups is 1. The van der Waals surface area contributed by atoms with Gasteiger partial charge in [-0.2, -0.15) is 5.10 Å².